The monoisotopic (exact) mass is 372 g/mol. The van der Waals surface area contributed by atoms with E-state index in [1.807, 2.05) is 18.5 Å². The van der Waals surface area contributed by atoms with Crippen molar-refractivity contribution < 1.29 is 0 Å². The fourth-order valence-corrected chi connectivity index (χ4v) is 4.92. The van der Waals surface area contributed by atoms with Crippen LogP contribution < -0.4 is 0 Å². The molecule has 0 saturated heterocycles. The van der Waals surface area contributed by atoms with Crippen LogP contribution in [0.2, 0.25) is 0 Å². The van der Waals surface area contributed by atoms with E-state index in [2.05, 4.69) is 80.6 Å². The molecular formula is C27H20N2. The average molecular weight is 372 g/mol. The fourth-order valence-electron chi connectivity index (χ4n) is 4.92. The summed E-state index contributed by atoms with van der Waals surface area (Å²) >= 11 is 0. The second kappa shape index (κ2) is 5.74. The van der Waals surface area contributed by atoms with Gasteiger partial charge >= 0.3 is 0 Å². The van der Waals surface area contributed by atoms with Gasteiger partial charge in [0.05, 0.1) is 11.2 Å². The van der Waals surface area contributed by atoms with E-state index in [1.165, 1.54) is 44.0 Å². The molecule has 29 heavy (non-hydrogen) atoms. The molecule has 0 spiro atoms. The van der Waals surface area contributed by atoms with E-state index < -0.39 is 0 Å². The Labute approximate surface area is 169 Å². The third-order valence-electron chi connectivity index (χ3n) is 6.30. The molecule has 3 aromatic carbocycles. The summed E-state index contributed by atoms with van der Waals surface area (Å²) in [5.41, 5.74) is 8.24. The van der Waals surface area contributed by atoms with Crippen molar-refractivity contribution in [2.75, 3.05) is 0 Å². The Balaban J connectivity index is 1.77. The summed E-state index contributed by atoms with van der Waals surface area (Å²) in [6, 6.07) is 25.9. The normalized spacial score (nSPS) is 14.1. The first-order chi connectivity index (χ1) is 14.1. The summed E-state index contributed by atoms with van der Waals surface area (Å²) in [5, 5.41) is 3.68. The van der Waals surface area contributed by atoms with Crippen molar-refractivity contribution in [3.05, 3.63) is 96.3 Å². The molecule has 2 heteroatoms. The van der Waals surface area contributed by atoms with Crippen molar-refractivity contribution in [1.82, 2.24) is 9.97 Å². The maximum atomic E-state index is 4.83. The van der Waals surface area contributed by atoms with E-state index in [0.717, 1.165) is 11.2 Å². The van der Waals surface area contributed by atoms with E-state index in [4.69, 9.17) is 9.97 Å². The molecule has 1 aliphatic carbocycles. The zero-order valence-corrected chi connectivity index (χ0v) is 16.5. The lowest BCUT2D eigenvalue weighted by molar-refractivity contribution is 0.649. The Hall–Kier alpha value is -3.52. The van der Waals surface area contributed by atoms with Gasteiger partial charge in [0.15, 0.2) is 0 Å². The standard InChI is InChI=1S/C27H20N2/c1-27(2)22-16-20(17-7-4-3-5-8-17)15-19-12-14-29-26(23(19)22)21-11-10-18-9-6-13-28-25(18)24(21)27/h3-16H,1-2H3. The smallest absolute Gasteiger partial charge is 0.0787 e. The highest BCUT2D eigenvalue weighted by molar-refractivity contribution is 6.06. The molecule has 138 valence electrons. The van der Waals surface area contributed by atoms with Gasteiger partial charge in [-0.1, -0.05) is 62.4 Å². The number of hydrogen-bond donors (Lipinski definition) is 0. The van der Waals surface area contributed by atoms with E-state index in [9.17, 15) is 0 Å². The van der Waals surface area contributed by atoms with Crippen molar-refractivity contribution in [2.24, 2.45) is 0 Å². The molecule has 0 unspecified atom stereocenters. The van der Waals surface area contributed by atoms with Gasteiger partial charge in [-0.25, -0.2) is 0 Å². The largest absolute Gasteiger partial charge is 0.256 e. The molecule has 2 nitrogen and oxygen atoms in total. The Morgan fingerprint density at radius 3 is 2.41 bits per heavy atom. The summed E-state index contributed by atoms with van der Waals surface area (Å²) < 4.78 is 0. The van der Waals surface area contributed by atoms with Gasteiger partial charge in [-0.05, 0) is 51.9 Å². The fraction of sp³-hybridized carbons (Fsp3) is 0.111. The van der Waals surface area contributed by atoms with E-state index in [-0.39, 0.29) is 5.41 Å². The Morgan fingerprint density at radius 1 is 0.690 bits per heavy atom. The zero-order valence-electron chi connectivity index (χ0n) is 16.5. The predicted molar refractivity (Wildman–Crippen MR) is 120 cm³/mol. The van der Waals surface area contributed by atoms with Gasteiger partial charge in [0, 0.05) is 34.1 Å². The van der Waals surface area contributed by atoms with Gasteiger partial charge in [-0.15, -0.1) is 0 Å². The Kier molecular flexibility index (Phi) is 3.25. The van der Waals surface area contributed by atoms with Crippen molar-refractivity contribution in [2.45, 2.75) is 19.3 Å². The third kappa shape index (κ3) is 2.23. The highest BCUT2D eigenvalue weighted by Gasteiger charge is 2.36. The molecule has 5 aromatic rings. The first kappa shape index (κ1) is 16.4. The van der Waals surface area contributed by atoms with E-state index >= 15 is 0 Å². The Bertz CT molecular complexity index is 1420. The van der Waals surface area contributed by atoms with Crippen LogP contribution in [0.25, 0.3) is 44.1 Å². The number of hydrogen-bond acceptors (Lipinski definition) is 2. The van der Waals surface area contributed by atoms with Crippen molar-refractivity contribution in [3.8, 4) is 22.4 Å². The minimum Gasteiger partial charge on any atom is -0.256 e. The number of nitrogens with zero attached hydrogens (tertiary/aromatic N) is 2. The number of rotatable bonds is 1. The van der Waals surface area contributed by atoms with Crippen molar-refractivity contribution in [1.29, 1.82) is 0 Å². The second-order valence-corrected chi connectivity index (χ2v) is 8.34. The van der Waals surface area contributed by atoms with Crippen LogP contribution in [0.15, 0.2) is 85.2 Å². The van der Waals surface area contributed by atoms with Gasteiger partial charge in [0.25, 0.3) is 0 Å². The lowest BCUT2D eigenvalue weighted by Crippen LogP contribution is -2.25. The zero-order chi connectivity index (χ0) is 19.6. The minimum atomic E-state index is -0.178. The third-order valence-corrected chi connectivity index (χ3v) is 6.30. The van der Waals surface area contributed by atoms with Crippen LogP contribution >= 0.6 is 0 Å². The predicted octanol–water partition coefficient (Wildman–Crippen LogP) is 6.76. The maximum absolute atomic E-state index is 4.83. The van der Waals surface area contributed by atoms with Gasteiger partial charge in [-0.3, -0.25) is 9.97 Å². The van der Waals surface area contributed by atoms with Crippen LogP contribution in [0.3, 0.4) is 0 Å². The molecule has 0 amide bonds. The first-order valence-electron chi connectivity index (χ1n) is 10.0. The van der Waals surface area contributed by atoms with Gasteiger partial charge in [0.1, 0.15) is 0 Å². The molecule has 0 N–H and O–H groups in total. The molecule has 0 atom stereocenters. The summed E-state index contributed by atoms with van der Waals surface area (Å²) in [7, 11) is 0. The molecular weight excluding hydrogens is 352 g/mol. The molecule has 0 aliphatic heterocycles. The SMILES string of the molecule is CC1(C)c2c(ccc3cccnc23)-c2nccc3cc(-c4ccccc4)cc1c23. The molecule has 2 heterocycles. The highest BCUT2D eigenvalue weighted by Crippen LogP contribution is 2.50. The van der Waals surface area contributed by atoms with Crippen LogP contribution in [-0.4, -0.2) is 9.97 Å². The van der Waals surface area contributed by atoms with Crippen LogP contribution in [-0.2, 0) is 5.41 Å². The van der Waals surface area contributed by atoms with Crippen LogP contribution in [0.4, 0.5) is 0 Å². The van der Waals surface area contributed by atoms with E-state index in [0.29, 0.717) is 0 Å². The molecule has 0 bridgehead atoms. The molecule has 0 radical (unpaired) electrons. The van der Waals surface area contributed by atoms with Crippen molar-refractivity contribution in [3.63, 3.8) is 0 Å². The molecule has 6 rings (SSSR count). The highest BCUT2D eigenvalue weighted by atomic mass is 14.7. The van der Waals surface area contributed by atoms with Gasteiger partial charge in [-0.2, -0.15) is 0 Å². The maximum Gasteiger partial charge on any atom is 0.0787 e. The lowest BCUT2D eigenvalue weighted by Gasteiger charge is -2.35. The van der Waals surface area contributed by atoms with Crippen LogP contribution in [0.1, 0.15) is 25.0 Å². The number of benzene rings is 3. The molecule has 0 fully saturated rings. The summed E-state index contributed by atoms with van der Waals surface area (Å²) in [6.07, 6.45) is 3.82. The summed E-state index contributed by atoms with van der Waals surface area (Å²) in [5.74, 6) is 0. The van der Waals surface area contributed by atoms with Gasteiger partial charge in [0.2, 0.25) is 0 Å². The molecule has 0 saturated carbocycles. The molecule has 2 aromatic heterocycles. The van der Waals surface area contributed by atoms with E-state index in [1.54, 1.807) is 0 Å². The summed E-state index contributed by atoms with van der Waals surface area (Å²) in [6.45, 7) is 4.64. The first-order valence-corrected chi connectivity index (χ1v) is 10.0. The van der Waals surface area contributed by atoms with Crippen molar-refractivity contribution >= 4 is 21.7 Å². The summed E-state index contributed by atoms with van der Waals surface area (Å²) in [4.78, 5) is 9.61. The van der Waals surface area contributed by atoms with Crippen LogP contribution in [0, 0.1) is 0 Å². The van der Waals surface area contributed by atoms with Crippen LogP contribution in [0.5, 0.6) is 0 Å². The molecule has 1 aliphatic rings. The number of pyridine rings is 2. The Morgan fingerprint density at radius 2 is 1.55 bits per heavy atom. The van der Waals surface area contributed by atoms with Gasteiger partial charge < -0.3 is 0 Å². The number of fused-ring (bicyclic) bond motifs is 4. The second-order valence-electron chi connectivity index (χ2n) is 8.34. The topological polar surface area (TPSA) is 25.8 Å². The lowest BCUT2D eigenvalue weighted by atomic mass is 9.68. The average Bonchev–Trinajstić information content (AvgIpc) is 2.77. The minimum absolute atomic E-state index is 0.178. The quantitative estimate of drug-likeness (QED) is 0.325. The number of aromatic nitrogens is 2.